The van der Waals surface area contributed by atoms with E-state index >= 15 is 0 Å². The first-order chi connectivity index (χ1) is 8.60. The van der Waals surface area contributed by atoms with Crippen LogP contribution in [0.25, 0.3) is 0 Å². The van der Waals surface area contributed by atoms with Gasteiger partial charge in [-0.2, -0.15) is 0 Å². The molecule has 1 aliphatic rings. The van der Waals surface area contributed by atoms with E-state index in [0.29, 0.717) is 32.8 Å². The minimum atomic E-state index is -0.287. The summed E-state index contributed by atoms with van der Waals surface area (Å²) in [5, 5.41) is 0. The van der Waals surface area contributed by atoms with Crippen LogP contribution in [0.15, 0.2) is 11.6 Å². The predicted molar refractivity (Wildman–Crippen MR) is 69.2 cm³/mol. The second-order valence-electron chi connectivity index (χ2n) is 4.27. The van der Waals surface area contributed by atoms with Crippen molar-refractivity contribution < 1.29 is 14.3 Å². The summed E-state index contributed by atoms with van der Waals surface area (Å²) in [4.78, 5) is 26.9. The summed E-state index contributed by atoms with van der Waals surface area (Å²) in [7, 11) is 0. The second kappa shape index (κ2) is 7.03. The van der Waals surface area contributed by atoms with E-state index < -0.39 is 0 Å². The van der Waals surface area contributed by atoms with Crippen LogP contribution in [0.5, 0.6) is 0 Å². The third-order valence-corrected chi connectivity index (χ3v) is 2.94. The highest BCUT2D eigenvalue weighted by atomic mass is 16.6. The lowest BCUT2D eigenvalue weighted by Crippen LogP contribution is -2.50. The van der Waals surface area contributed by atoms with E-state index in [1.807, 2.05) is 19.9 Å². The van der Waals surface area contributed by atoms with Gasteiger partial charge in [0, 0.05) is 31.8 Å². The number of allylic oxidation sites excluding steroid dienone is 1. The van der Waals surface area contributed by atoms with Gasteiger partial charge in [-0.25, -0.2) is 4.79 Å². The van der Waals surface area contributed by atoms with Crippen LogP contribution in [0.1, 0.15) is 27.2 Å². The van der Waals surface area contributed by atoms with Gasteiger partial charge in [-0.1, -0.05) is 13.0 Å². The third-order valence-electron chi connectivity index (χ3n) is 2.94. The Morgan fingerprint density at radius 1 is 1.11 bits per heavy atom. The predicted octanol–water partition coefficient (Wildman–Crippen LogP) is 1.64. The second-order valence-corrected chi connectivity index (χ2v) is 4.27. The quantitative estimate of drug-likeness (QED) is 0.719. The number of piperazine rings is 1. The number of nitrogens with zero attached hydrogens (tertiary/aromatic N) is 2. The topological polar surface area (TPSA) is 49.9 Å². The molecular weight excluding hydrogens is 232 g/mol. The molecule has 0 bridgehead atoms. The fraction of sp³-hybridized carbons (Fsp3) is 0.692. The first-order valence-electron chi connectivity index (χ1n) is 6.47. The Bertz CT molecular complexity index is 331. The van der Waals surface area contributed by atoms with E-state index in [4.69, 9.17) is 4.74 Å². The number of rotatable bonds is 3. The highest BCUT2D eigenvalue weighted by Crippen LogP contribution is 2.08. The number of amides is 2. The number of hydrogen-bond donors (Lipinski definition) is 0. The molecule has 0 radical (unpaired) electrons. The van der Waals surface area contributed by atoms with Gasteiger partial charge in [0.1, 0.15) is 0 Å². The zero-order valence-electron chi connectivity index (χ0n) is 11.4. The fourth-order valence-corrected chi connectivity index (χ4v) is 1.95. The lowest BCUT2D eigenvalue weighted by Gasteiger charge is -2.34. The van der Waals surface area contributed by atoms with Crippen molar-refractivity contribution in [2.75, 3.05) is 32.8 Å². The van der Waals surface area contributed by atoms with Gasteiger partial charge in [0.2, 0.25) is 5.91 Å². The van der Waals surface area contributed by atoms with E-state index in [1.54, 1.807) is 16.7 Å². The Balaban J connectivity index is 2.46. The van der Waals surface area contributed by atoms with E-state index in [0.717, 1.165) is 12.0 Å². The Labute approximate surface area is 108 Å². The maximum Gasteiger partial charge on any atom is 0.409 e. The van der Waals surface area contributed by atoms with Crippen LogP contribution in [0.3, 0.4) is 0 Å². The van der Waals surface area contributed by atoms with Gasteiger partial charge in [0.15, 0.2) is 0 Å². The molecule has 102 valence electrons. The highest BCUT2D eigenvalue weighted by molar-refractivity contribution is 5.92. The molecule has 1 fully saturated rings. The molecular formula is C13H22N2O3. The maximum atomic E-state index is 12.0. The molecule has 0 unspecified atom stereocenters. The molecule has 0 saturated carbocycles. The van der Waals surface area contributed by atoms with E-state index in [2.05, 4.69) is 0 Å². The molecule has 0 N–H and O–H groups in total. The molecule has 5 nitrogen and oxygen atoms in total. The SMILES string of the molecule is CC/C=C(\C)C(=O)N1CCN(C(=O)OCC)CC1. The van der Waals surface area contributed by atoms with Crippen LogP contribution in [0.2, 0.25) is 0 Å². The Kier molecular flexibility index (Phi) is 5.68. The van der Waals surface area contributed by atoms with E-state index in [-0.39, 0.29) is 12.0 Å². The Morgan fingerprint density at radius 3 is 2.17 bits per heavy atom. The number of carbonyl (C=O) groups is 2. The first-order valence-corrected chi connectivity index (χ1v) is 6.47. The molecule has 0 aromatic heterocycles. The maximum absolute atomic E-state index is 12.0. The van der Waals surface area contributed by atoms with Gasteiger partial charge in [0.05, 0.1) is 6.61 Å². The van der Waals surface area contributed by atoms with Crippen LogP contribution in [-0.2, 0) is 9.53 Å². The summed E-state index contributed by atoms with van der Waals surface area (Å²) in [5.41, 5.74) is 0.780. The standard InChI is InChI=1S/C13H22N2O3/c1-4-6-11(3)12(16)14-7-9-15(10-8-14)13(17)18-5-2/h6H,4-5,7-10H2,1-3H3/b11-6+. The Morgan fingerprint density at radius 2 is 1.67 bits per heavy atom. The molecule has 1 rings (SSSR count). The molecule has 1 aliphatic heterocycles. The summed E-state index contributed by atoms with van der Waals surface area (Å²) in [6.45, 7) is 8.26. The molecule has 18 heavy (non-hydrogen) atoms. The molecule has 0 atom stereocenters. The van der Waals surface area contributed by atoms with Crippen LogP contribution >= 0.6 is 0 Å². The average Bonchev–Trinajstić information content (AvgIpc) is 2.38. The Hall–Kier alpha value is -1.52. The lowest BCUT2D eigenvalue weighted by atomic mass is 10.2. The summed E-state index contributed by atoms with van der Waals surface area (Å²) in [5.74, 6) is 0.0698. The summed E-state index contributed by atoms with van der Waals surface area (Å²) in [6.07, 6.45) is 2.51. The van der Waals surface area contributed by atoms with Crippen molar-refractivity contribution in [1.82, 2.24) is 9.80 Å². The summed E-state index contributed by atoms with van der Waals surface area (Å²) in [6, 6.07) is 0. The first kappa shape index (κ1) is 14.5. The molecule has 2 amide bonds. The van der Waals surface area contributed by atoms with Crippen molar-refractivity contribution in [2.24, 2.45) is 0 Å². The average molecular weight is 254 g/mol. The minimum Gasteiger partial charge on any atom is -0.450 e. The fourth-order valence-electron chi connectivity index (χ4n) is 1.95. The number of ether oxygens (including phenoxy) is 1. The largest absolute Gasteiger partial charge is 0.450 e. The van der Waals surface area contributed by atoms with Gasteiger partial charge < -0.3 is 14.5 Å². The highest BCUT2D eigenvalue weighted by Gasteiger charge is 2.25. The van der Waals surface area contributed by atoms with Crippen molar-refractivity contribution in [3.05, 3.63) is 11.6 Å². The van der Waals surface area contributed by atoms with E-state index in [9.17, 15) is 9.59 Å². The third kappa shape index (κ3) is 3.75. The van der Waals surface area contributed by atoms with Gasteiger partial charge in [-0.15, -0.1) is 0 Å². The van der Waals surface area contributed by atoms with Crippen LogP contribution < -0.4 is 0 Å². The molecule has 5 heteroatoms. The molecule has 0 aromatic carbocycles. The van der Waals surface area contributed by atoms with Crippen LogP contribution in [0.4, 0.5) is 4.79 Å². The zero-order chi connectivity index (χ0) is 13.5. The van der Waals surface area contributed by atoms with Gasteiger partial charge in [-0.05, 0) is 20.3 Å². The minimum absolute atomic E-state index is 0.0698. The monoisotopic (exact) mass is 254 g/mol. The van der Waals surface area contributed by atoms with Crippen molar-refractivity contribution in [1.29, 1.82) is 0 Å². The van der Waals surface area contributed by atoms with Crippen LogP contribution in [0, 0.1) is 0 Å². The summed E-state index contributed by atoms with van der Waals surface area (Å²) < 4.78 is 4.94. The molecule has 0 spiro atoms. The number of hydrogen-bond acceptors (Lipinski definition) is 3. The van der Waals surface area contributed by atoms with Crippen LogP contribution in [-0.4, -0.2) is 54.6 Å². The number of carbonyl (C=O) groups excluding carboxylic acids is 2. The van der Waals surface area contributed by atoms with Crippen molar-refractivity contribution >= 4 is 12.0 Å². The normalized spacial score (nSPS) is 16.7. The van der Waals surface area contributed by atoms with E-state index in [1.165, 1.54) is 0 Å². The molecule has 1 heterocycles. The van der Waals surface area contributed by atoms with Gasteiger partial charge in [0.25, 0.3) is 0 Å². The van der Waals surface area contributed by atoms with Crippen molar-refractivity contribution in [2.45, 2.75) is 27.2 Å². The molecule has 0 aliphatic carbocycles. The van der Waals surface area contributed by atoms with Gasteiger partial charge >= 0.3 is 6.09 Å². The zero-order valence-corrected chi connectivity index (χ0v) is 11.4. The molecule has 0 aromatic rings. The van der Waals surface area contributed by atoms with Crippen molar-refractivity contribution in [3.8, 4) is 0 Å². The smallest absolute Gasteiger partial charge is 0.409 e. The molecule has 1 saturated heterocycles. The van der Waals surface area contributed by atoms with Crippen molar-refractivity contribution in [3.63, 3.8) is 0 Å². The summed E-state index contributed by atoms with van der Waals surface area (Å²) >= 11 is 0. The lowest BCUT2D eigenvalue weighted by molar-refractivity contribution is -0.128. The van der Waals surface area contributed by atoms with Gasteiger partial charge in [-0.3, -0.25) is 4.79 Å².